The summed E-state index contributed by atoms with van der Waals surface area (Å²) in [4.78, 5) is 12.4. The molecule has 4 heteroatoms. The monoisotopic (exact) mass is 333 g/mol. The fraction of sp³-hybridized carbons (Fsp3) is 0.190. The van der Waals surface area contributed by atoms with Gasteiger partial charge in [0.2, 0.25) is 0 Å². The lowest BCUT2D eigenvalue weighted by molar-refractivity contribution is -0.174. The number of aromatic nitrogens is 1. The van der Waals surface area contributed by atoms with E-state index < -0.39 is 5.79 Å². The van der Waals surface area contributed by atoms with Crippen LogP contribution in [0.1, 0.15) is 34.1 Å². The zero-order valence-corrected chi connectivity index (χ0v) is 14.0. The van der Waals surface area contributed by atoms with Crippen LogP contribution in [0, 0.1) is 0 Å². The molecule has 0 amide bonds. The Kier molecular flexibility index (Phi) is 3.90. The highest BCUT2D eigenvalue weighted by molar-refractivity contribution is 5.95. The maximum atomic E-state index is 12.4. The van der Waals surface area contributed by atoms with Crippen LogP contribution in [0.3, 0.4) is 0 Å². The standard InChI is InChI=1S/C21H19NO3/c1-2-24-21(18-12-7-6-11-17(18)20(23)25-21)19-13-8-14-22(19)15-16-9-4-3-5-10-16/h3-14H,2,15H2,1H3. The van der Waals surface area contributed by atoms with E-state index in [1.165, 1.54) is 5.56 Å². The van der Waals surface area contributed by atoms with E-state index in [0.29, 0.717) is 18.7 Å². The quantitative estimate of drug-likeness (QED) is 0.664. The second kappa shape index (κ2) is 6.22. The molecule has 126 valence electrons. The van der Waals surface area contributed by atoms with E-state index in [-0.39, 0.29) is 5.97 Å². The molecule has 0 bridgehead atoms. The number of carbonyl (C=O) groups is 1. The van der Waals surface area contributed by atoms with E-state index in [1.807, 2.05) is 61.7 Å². The van der Waals surface area contributed by atoms with Crippen LogP contribution >= 0.6 is 0 Å². The van der Waals surface area contributed by atoms with Crippen LogP contribution in [-0.2, 0) is 21.8 Å². The zero-order valence-electron chi connectivity index (χ0n) is 14.0. The lowest BCUT2D eigenvalue weighted by atomic mass is 9.99. The molecule has 1 aliphatic rings. The van der Waals surface area contributed by atoms with Crippen LogP contribution in [0.5, 0.6) is 0 Å². The molecule has 2 aromatic carbocycles. The Morgan fingerprint density at radius 1 is 1.00 bits per heavy atom. The second-order valence-electron chi connectivity index (χ2n) is 5.99. The summed E-state index contributed by atoms with van der Waals surface area (Å²) in [5, 5.41) is 0. The Bertz CT molecular complexity index is 900. The van der Waals surface area contributed by atoms with Gasteiger partial charge in [-0.25, -0.2) is 4.79 Å². The molecule has 4 rings (SSSR count). The molecule has 0 spiro atoms. The number of cyclic esters (lactones) is 1. The minimum atomic E-state index is -1.19. The first-order valence-corrected chi connectivity index (χ1v) is 8.41. The molecule has 1 aromatic heterocycles. The van der Waals surface area contributed by atoms with Gasteiger partial charge in [-0.2, -0.15) is 0 Å². The van der Waals surface area contributed by atoms with Gasteiger partial charge < -0.3 is 14.0 Å². The van der Waals surface area contributed by atoms with Gasteiger partial charge in [0.1, 0.15) is 0 Å². The topological polar surface area (TPSA) is 40.5 Å². The number of carbonyl (C=O) groups excluding carboxylic acids is 1. The Morgan fingerprint density at radius 2 is 1.76 bits per heavy atom. The number of hydrogen-bond donors (Lipinski definition) is 0. The smallest absolute Gasteiger partial charge is 0.341 e. The van der Waals surface area contributed by atoms with Gasteiger partial charge in [-0.1, -0.05) is 48.5 Å². The molecule has 0 aliphatic carbocycles. The van der Waals surface area contributed by atoms with Gasteiger partial charge >= 0.3 is 5.97 Å². The van der Waals surface area contributed by atoms with E-state index in [4.69, 9.17) is 9.47 Å². The zero-order chi connectivity index (χ0) is 17.3. The van der Waals surface area contributed by atoms with E-state index in [1.54, 1.807) is 6.07 Å². The molecule has 0 fully saturated rings. The summed E-state index contributed by atoms with van der Waals surface area (Å²) < 4.78 is 13.9. The maximum absolute atomic E-state index is 12.4. The van der Waals surface area contributed by atoms with Gasteiger partial charge in [0.15, 0.2) is 0 Å². The largest absolute Gasteiger partial charge is 0.419 e. The van der Waals surface area contributed by atoms with Crippen LogP contribution < -0.4 is 0 Å². The number of ether oxygens (including phenoxy) is 2. The second-order valence-corrected chi connectivity index (χ2v) is 5.99. The third-order valence-corrected chi connectivity index (χ3v) is 4.45. The molecule has 1 aliphatic heterocycles. The van der Waals surface area contributed by atoms with Crippen LogP contribution in [0.2, 0.25) is 0 Å². The van der Waals surface area contributed by atoms with E-state index in [0.717, 1.165) is 11.3 Å². The summed E-state index contributed by atoms with van der Waals surface area (Å²) in [5.41, 5.74) is 3.30. The number of nitrogens with zero attached hydrogens (tertiary/aromatic N) is 1. The minimum absolute atomic E-state index is 0.350. The highest BCUT2D eigenvalue weighted by atomic mass is 16.7. The van der Waals surface area contributed by atoms with Crippen molar-refractivity contribution in [2.45, 2.75) is 19.3 Å². The van der Waals surface area contributed by atoms with Crippen molar-refractivity contribution in [3.63, 3.8) is 0 Å². The average molecular weight is 333 g/mol. The van der Waals surface area contributed by atoms with Gasteiger partial charge in [-0.15, -0.1) is 0 Å². The first kappa shape index (κ1) is 15.7. The third-order valence-electron chi connectivity index (χ3n) is 4.45. The molecular weight excluding hydrogens is 314 g/mol. The van der Waals surface area contributed by atoms with Crippen molar-refractivity contribution in [1.29, 1.82) is 0 Å². The van der Waals surface area contributed by atoms with Crippen LogP contribution in [0.4, 0.5) is 0 Å². The van der Waals surface area contributed by atoms with Crippen molar-refractivity contribution in [2.75, 3.05) is 6.61 Å². The Balaban J connectivity index is 1.82. The van der Waals surface area contributed by atoms with Crippen molar-refractivity contribution in [1.82, 2.24) is 4.57 Å². The Morgan fingerprint density at radius 3 is 2.56 bits per heavy atom. The lowest BCUT2D eigenvalue weighted by Gasteiger charge is -2.29. The highest BCUT2D eigenvalue weighted by Crippen LogP contribution is 2.43. The summed E-state index contributed by atoms with van der Waals surface area (Å²) in [6.45, 7) is 3.01. The molecule has 1 atom stereocenters. The summed E-state index contributed by atoms with van der Waals surface area (Å²) >= 11 is 0. The molecule has 0 radical (unpaired) electrons. The third kappa shape index (κ3) is 2.55. The van der Waals surface area contributed by atoms with Gasteiger partial charge in [0, 0.05) is 24.9 Å². The van der Waals surface area contributed by atoms with Crippen LogP contribution in [0.15, 0.2) is 72.9 Å². The van der Waals surface area contributed by atoms with Crippen LogP contribution in [-0.4, -0.2) is 17.1 Å². The predicted molar refractivity (Wildman–Crippen MR) is 94.2 cm³/mol. The lowest BCUT2D eigenvalue weighted by Crippen LogP contribution is -2.34. The summed E-state index contributed by atoms with van der Waals surface area (Å²) in [5.74, 6) is -1.54. The predicted octanol–water partition coefficient (Wildman–Crippen LogP) is 3.94. The van der Waals surface area contributed by atoms with Crippen molar-refractivity contribution >= 4 is 5.97 Å². The first-order chi connectivity index (χ1) is 12.2. The fourth-order valence-corrected chi connectivity index (χ4v) is 3.39. The average Bonchev–Trinajstić information content (AvgIpc) is 3.21. The summed E-state index contributed by atoms with van der Waals surface area (Å²) in [6, 6.07) is 21.5. The molecule has 0 N–H and O–H groups in total. The molecule has 1 unspecified atom stereocenters. The van der Waals surface area contributed by atoms with Crippen molar-refractivity contribution in [3.8, 4) is 0 Å². The van der Waals surface area contributed by atoms with Crippen molar-refractivity contribution in [2.24, 2.45) is 0 Å². The van der Waals surface area contributed by atoms with Gasteiger partial charge in [0.05, 0.1) is 11.3 Å². The number of esters is 1. The normalized spacial score (nSPS) is 18.8. The Hall–Kier alpha value is -2.85. The molecular formula is C21H19NO3. The fourth-order valence-electron chi connectivity index (χ4n) is 3.39. The number of fused-ring (bicyclic) bond motifs is 1. The Labute approximate surface area is 146 Å². The van der Waals surface area contributed by atoms with Crippen LogP contribution in [0.25, 0.3) is 0 Å². The SMILES string of the molecule is CCOC1(c2cccn2Cc2ccccc2)OC(=O)c2ccccc21. The first-order valence-electron chi connectivity index (χ1n) is 8.41. The maximum Gasteiger partial charge on any atom is 0.341 e. The number of rotatable bonds is 5. The highest BCUT2D eigenvalue weighted by Gasteiger charge is 2.49. The van der Waals surface area contributed by atoms with Gasteiger partial charge in [-0.3, -0.25) is 0 Å². The molecule has 0 saturated heterocycles. The van der Waals surface area contributed by atoms with Gasteiger partial charge in [0.25, 0.3) is 5.79 Å². The van der Waals surface area contributed by atoms with Gasteiger partial charge in [-0.05, 0) is 30.7 Å². The molecule has 4 nitrogen and oxygen atoms in total. The van der Waals surface area contributed by atoms with E-state index >= 15 is 0 Å². The molecule has 25 heavy (non-hydrogen) atoms. The van der Waals surface area contributed by atoms with E-state index in [9.17, 15) is 4.79 Å². The molecule has 2 heterocycles. The number of benzene rings is 2. The molecule has 3 aromatic rings. The summed E-state index contributed by atoms with van der Waals surface area (Å²) in [7, 11) is 0. The van der Waals surface area contributed by atoms with Crippen molar-refractivity contribution in [3.05, 3.63) is 95.3 Å². The number of hydrogen-bond acceptors (Lipinski definition) is 3. The van der Waals surface area contributed by atoms with E-state index in [2.05, 4.69) is 16.7 Å². The van der Waals surface area contributed by atoms with Crippen molar-refractivity contribution < 1.29 is 14.3 Å². The minimum Gasteiger partial charge on any atom is -0.419 e. The summed E-state index contributed by atoms with van der Waals surface area (Å²) in [6.07, 6.45) is 1.98. The molecule has 0 saturated carbocycles.